The van der Waals surface area contributed by atoms with Crippen molar-refractivity contribution in [1.82, 2.24) is 25.1 Å². The van der Waals surface area contributed by atoms with E-state index in [-0.39, 0.29) is 5.82 Å². The third-order valence-electron chi connectivity index (χ3n) is 3.42. The van der Waals surface area contributed by atoms with E-state index in [1.165, 1.54) is 6.07 Å². The minimum absolute atomic E-state index is 0.259. The Labute approximate surface area is 116 Å². The summed E-state index contributed by atoms with van der Waals surface area (Å²) in [5.41, 5.74) is 0. The number of aryl methyl sites for hydroxylation is 1. The predicted octanol–water partition coefficient (Wildman–Crippen LogP) is 0.969. The molecule has 0 spiro atoms. The lowest BCUT2D eigenvalue weighted by atomic mass is 10.3. The summed E-state index contributed by atoms with van der Waals surface area (Å²) in [6.45, 7) is 5.84. The zero-order chi connectivity index (χ0) is 13.9. The van der Waals surface area contributed by atoms with E-state index in [1.807, 2.05) is 11.8 Å². The lowest BCUT2D eigenvalue weighted by molar-refractivity contribution is 0.243. The lowest BCUT2D eigenvalue weighted by Crippen LogP contribution is -2.46. The van der Waals surface area contributed by atoms with Gasteiger partial charge in [-0.1, -0.05) is 0 Å². The topological polar surface area (TPSA) is 60.9 Å². The Kier molecular flexibility index (Phi) is 3.60. The average Bonchev–Trinajstić information content (AvgIpc) is 2.86. The van der Waals surface area contributed by atoms with Crippen molar-refractivity contribution in [2.24, 2.45) is 0 Å². The number of aromatic amines is 1. The summed E-state index contributed by atoms with van der Waals surface area (Å²) in [6, 6.07) is 3.06. The van der Waals surface area contributed by atoms with Gasteiger partial charge >= 0.3 is 0 Å². The van der Waals surface area contributed by atoms with Crippen LogP contribution in [0.1, 0.15) is 11.6 Å². The van der Waals surface area contributed by atoms with Gasteiger partial charge in [-0.25, -0.2) is 14.4 Å². The normalized spacial score (nSPS) is 16.6. The number of anilines is 1. The van der Waals surface area contributed by atoms with Gasteiger partial charge in [0, 0.05) is 32.4 Å². The Morgan fingerprint density at radius 3 is 2.75 bits per heavy atom. The molecule has 2 aromatic heterocycles. The van der Waals surface area contributed by atoms with E-state index in [0.29, 0.717) is 5.82 Å². The van der Waals surface area contributed by atoms with E-state index in [1.54, 1.807) is 12.3 Å². The quantitative estimate of drug-likeness (QED) is 0.905. The molecule has 3 heterocycles. The predicted molar refractivity (Wildman–Crippen MR) is 72.8 cm³/mol. The molecule has 1 fully saturated rings. The van der Waals surface area contributed by atoms with Crippen LogP contribution in [-0.4, -0.2) is 51.2 Å². The van der Waals surface area contributed by atoms with E-state index >= 15 is 0 Å². The van der Waals surface area contributed by atoms with Crippen molar-refractivity contribution in [2.45, 2.75) is 13.5 Å². The summed E-state index contributed by atoms with van der Waals surface area (Å²) < 4.78 is 13.7. The Balaban J connectivity index is 1.58. The molecule has 0 aromatic carbocycles. The summed E-state index contributed by atoms with van der Waals surface area (Å²) >= 11 is 0. The van der Waals surface area contributed by atoms with E-state index < -0.39 is 0 Å². The molecule has 2 aromatic rings. The summed E-state index contributed by atoms with van der Waals surface area (Å²) in [5.74, 6) is 1.82. The SMILES string of the molecule is Cc1nc(CN2CCN(c3ncccc3F)CC2)n[nH]1. The highest BCUT2D eigenvalue weighted by Crippen LogP contribution is 2.17. The number of rotatable bonds is 3. The van der Waals surface area contributed by atoms with Crippen molar-refractivity contribution in [2.75, 3.05) is 31.1 Å². The van der Waals surface area contributed by atoms with Crippen molar-refractivity contribution >= 4 is 5.82 Å². The van der Waals surface area contributed by atoms with Crippen molar-refractivity contribution in [3.8, 4) is 0 Å². The number of H-pyrrole nitrogens is 1. The maximum atomic E-state index is 13.7. The molecule has 20 heavy (non-hydrogen) atoms. The highest BCUT2D eigenvalue weighted by atomic mass is 19.1. The third-order valence-corrected chi connectivity index (χ3v) is 3.42. The van der Waals surface area contributed by atoms with Gasteiger partial charge in [-0.05, 0) is 19.1 Å². The van der Waals surface area contributed by atoms with Crippen LogP contribution in [0.15, 0.2) is 18.3 Å². The van der Waals surface area contributed by atoms with Crippen LogP contribution < -0.4 is 4.90 Å². The number of aromatic nitrogens is 4. The van der Waals surface area contributed by atoms with Gasteiger partial charge in [0.25, 0.3) is 0 Å². The van der Waals surface area contributed by atoms with E-state index in [0.717, 1.165) is 44.4 Å². The van der Waals surface area contributed by atoms with Gasteiger partial charge in [0.05, 0.1) is 6.54 Å². The van der Waals surface area contributed by atoms with Gasteiger partial charge in [-0.15, -0.1) is 0 Å². The molecule has 1 aliphatic heterocycles. The fourth-order valence-corrected chi connectivity index (χ4v) is 2.39. The van der Waals surface area contributed by atoms with Gasteiger partial charge in [0.1, 0.15) is 5.82 Å². The zero-order valence-corrected chi connectivity index (χ0v) is 11.4. The maximum Gasteiger partial charge on any atom is 0.165 e. The first kappa shape index (κ1) is 13.0. The number of piperazine rings is 1. The molecular formula is C13H17FN6. The second kappa shape index (κ2) is 5.54. The number of nitrogens with zero attached hydrogens (tertiary/aromatic N) is 5. The zero-order valence-electron chi connectivity index (χ0n) is 11.4. The number of pyridine rings is 1. The highest BCUT2D eigenvalue weighted by molar-refractivity contribution is 5.40. The fraction of sp³-hybridized carbons (Fsp3) is 0.462. The average molecular weight is 276 g/mol. The van der Waals surface area contributed by atoms with Gasteiger partial charge < -0.3 is 4.90 Å². The Morgan fingerprint density at radius 2 is 2.10 bits per heavy atom. The Morgan fingerprint density at radius 1 is 1.30 bits per heavy atom. The van der Waals surface area contributed by atoms with Gasteiger partial charge in [-0.2, -0.15) is 5.10 Å². The first-order valence-corrected chi connectivity index (χ1v) is 6.68. The summed E-state index contributed by atoms with van der Waals surface area (Å²) in [6.07, 6.45) is 1.63. The lowest BCUT2D eigenvalue weighted by Gasteiger charge is -2.34. The molecule has 1 N–H and O–H groups in total. The first-order valence-electron chi connectivity index (χ1n) is 6.68. The van der Waals surface area contributed by atoms with Gasteiger partial charge in [0.15, 0.2) is 17.5 Å². The molecule has 0 aliphatic carbocycles. The number of hydrogen-bond acceptors (Lipinski definition) is 5. The fourth-order valence-electron chi connectivity index (χ4n) is 2.39. The number of halogens is 1. The molecule has 0 unspecified atom stereocenters. The largest absolute Gasteiger partial charge is 0.352 e. The molecule has 0 atom stereocenters. The van der Waals surface area contributed by atoms with Crippen LogP contribution in [0.25, 0.3) is 0 Å². The van der Waals surface area contributed by atoms with Crippen LogP contribution in [0, 0.1) is 12.7 Å². The second-order valence-electron chi connectivity index (χ2n) is 4.91. The third kappa shape index (κ3) is 2.77. The van der Waals surface area contributed by atoms with Crippen molar-refractivity contribution in [3.05, 3.63) is 35.8 Å². The van der Waals surface area contributed by atoms with Crippen LogP contribution in [0.4, 0.5) is 10.2 Å². The minimum atomic E-state index is -0.259. The summed E-state index contributed by atoms with van der Waals surface area (Å²) in [5, 5.41) is 6.98. The summed E-state index contributed by atoms with van der Waals surface area (Å²) in [7, 11) is 0. The van der Waals surface area contributed by atoms with Gasteiger partial charge in [-0.3, -0.25) is 10.00 Å². The highest BCUT2D eigenvalue weighted by Gasteiger charge is 2.21. The standard InChI is InChI=1S/C13H17FN6/c1-10-16-12(18-17-10)9-19-5-7-20(8-6-19)13-11(14)3-2-4-15-13/h2-4H,5-9H2,1H3,(H,16,17,18). The molecule has 0 saturated carbocycles. The Bertz CT molecular complexity index is 576. The van der Waals surface area contributed by atoms with Crippen LogP contribution in [0.5, 0.6) is 0 Å². The molecule has 1 aliphatic rings. The number of hydrogen-bond donors (Lipinski definition) is 1. The van der Waals surface area contributed by atoms with Crippen LogP contribution in [-0.2, 0) is 6.54 Å². The van der Waals surface area contributed by atoms with E-state index in [9.17, 15) is 4.39 Å². The van der Waals surface area contributed by atoms with Crippen molar-refractivity contribution < 1.29 is 4.39 Å². The molecule has 7 heteroatoms. The monoisotopic (exact) mass is 276 g/mol. The van der Waals surface area contributed by atoms with E-state index in [2.05, 4.69) is 25.1 Å². The molecule has 0 amide bonds. The van der Waals surface area contributed by atoms with E-state index in [4.69, 9.17) is 0 Å². The minimum Gasteiger partial charge on any atom is -0.352 e. The first-order chi connectivity index (χ1) is 9.72. The van der Waals surface area contributed by atoms with Crippen LogP contribution in [0.3, 0.4) is 0 Å². The smallest absolute Gasteiger partial charge is 0.165 e. The second-order valence-corrected chi connectivity index (χ2v) is 4.91. The maximum absolute atomic E-state index is 13.7. The molecule has 3 rings (SSSR count). The summed E-state index contributed by atoms with van der Waals surface area (Å²) in [4.78, 5) is 12.7. The number of nitrogens with one attached hydrogen (secondary N) is 1. The molecule has 0 bridgehead atoms. The molecule has 106 valence electrons. The van der Waals surface area contributed by atoms with Gasteiger partial charge in [0.2, 0.25) is 0 Å². The molecule has 1 saturated heterocycles. The molecular weight excluding hydrogens is 259 g/mol. The Hall–Kier alpha value is -2.02. The molecule has 6 nitrogen and oxygen atoms in total. The van der Waals surface area contributed by atoms with Crippen molar-refractivity contribution in [3.63, 3.8) is 0 Å². The van der Waals surface area contributed by atoms with Crippen LogP contribution in [0.2, 0.25) is 0 Å². The molecule has 0 radical (unpaired) electrons. The van der Waals surface area contributed by atoms with Crippen LogP contribution >= 0.6 is 0 Å². The van der Waals surface area contributed by atoms with Crippen molar-refractivity contribution in [1.29, 1.82) is 0 Å².